The first kappa shape index (κ1) is 18.1. The zero-order chi connectivity index (χ0) is 20.0. The number of morpholine rings is 1. The van der Waals surface area contributed by atoms with Gasteiger partial charge in [-0.3, -0.25) is 0 Å². The fourth-order valence-corrected chi connectivity index (χ4v) is 4.28. The lowest BCUT2D eigenvalue weighted by molar-refractivity contribution is 0.0906. The summed E-state index contributed by atoms with van der Waals surface area (Å²) in [5, 5.41) is 7.50. The summed E-state index contributed by atoms with van der Waals surface area (Å²) in [4.78, 5) is 6.69. The molecule has 8 heteroatoms. The molecule has 29 heavy (non-hydrogen) atoms. The third-order valence-corrected chi connectivity index (χ3v) is 5.46. The first-order chi connectivity index (χ1) is 14.0. The Morgan fingerprint density at radius 3 is 2.41 bits per heavy atom. The van der Waals surface area contributed by atoms with Gasteiger partial charge in [0.25, 0.3) is 0 Å². The Hall–Kier alpha value is -3.00. The Labute approximate surface area is 167 Å². The van der Waals surface area contributed by atoms with E-state index in [0.717, 1.165) is 49.1 Å². The van der Waals surface area contributed by atoms with Crippen molar-refractivity contribution < 1.29 is 13.5 Å². The number of nitrogens with zero attached hydrogens (tertiary/aromatic N) is 4. The molecule has 0 amide bonds. The molecule has 150 valence electrons. The number of anilines is 3. The van der Waals surface area contributed by atoms with Crippen LogP contribution in [-0.2, 0) is 4.74 Å². The molecule has 2 unspecified atom stereocenters. The molecular formula is C21H21F2N5O. The summed E-state index contributed by atoms with van der Waals surface area (Å²) < 4.78 is 34.0. The number of benzene rings is 2. The van der Waals surface area contributed by atoms with Gasteiger partial charge in [0.05, 0.1) is 31.0 Å². The van der Waals surface area contributed by atoms with Crippen molar-refractivity contribution in [1.82, 2.24) is 14.8 Å². The molecule has 2 aliphatic rings. The molecule has 0 spiro atoms. The standard InChI is InChI=1S/C21H21F2N5O/c1-13-4-16(9-20(5-13)28-17-2-3-18(28)11-29-10-17)25-21-24-12-27(26-21)19-7-14(22)6-15(23)8-19/h4-9,12,17-18H,2-3,10-11H2,1H3,(H,25,26). The van der Waals surface area contributed by atoms with E-state index in [4.69, 9.17) is 4.74 Å². The van der Waals surface area contributed by atoms with Crippen molar-refractivity contribution in [3.05, 3.63) is 59.9 Å². The molecule has 1 N–H and O–H groups in total. The van der Waals surface area contributed by atoms with Gasteiger partial charge in [-0.1, -0.05) is 0 Å². The maximum Gasteiger partial charge on any atom is 0.246 e. The van der Waals surface area contributed by atoms with E-state index in [1.165, 1.54) is 23.1 Å². The van der Waals surface area contributed by atoms with Crippen LogP contribution in [0.5, 0.6) is 0 Å². The average Bonchev–Trinajstić information content (AvgIpc) is 3.22. The van der Waals surface area contributed by atoms with Crippen molar-refractivity contribution in [2.24, 2.45) is 0 Å². The third-order valence-electron chi connectivity index (χ3n) is 5.46. The fourth-order valence-electron chi connectivity index (χ4n) is 4.28. The van der Waals surface area contributed by atoms with Crippen LogP contribution in [0.25, 0.3) is 5.69 Å². The minimum atomic E-state index is -0.659. The summed E-state index contributed by atoms with van der Waals surface area (Å²) in [6.07, 6.45) is 3.73. The van der Waals surface area contributed by atoms with Crippen LogP contribution in [0.15, 0.2) is 42.7 Å². The fraction of sp³-hybridized carbons (Fsp3) is 0.333. The molecule has 2 bridgehead atoms. The van der Waals surface area contributed by atoms with Crippen LogP contribution < -0.4 is 10.2 Å². The summed E-state index contributed by atoms with van der Waals surface area (Å²) in [6, 6.07) is 10.4. The lowest BCUT2D eigenvalue weighted by Crippen LogP contribution is -2.45. The highest BCUT2D eigenvalue weighted by Crippen LogP contribution is 2.36. The number of hydrogen-bond donors (Lipinski definition) is 1. The van der Waals surface area contributed by atoms with E-state index < -0.39 is 11.6 Å². The topological polar surface area (TPSA) is 55.2 Å². The minimum Gasteiger partial charge on any atom is -0.377 e. The van der Waals surface area contributed by atoms with Crippen molar-refractivity contribution in [3.8, 4) is 5.69 Å². The van der Waals surface area contributed by atoms with Gasteiger partial charge < -0.3 is 15.0 Å². The molecule has 5 rings (SSSR count). The van der Waals surface area contributed by atoms with E-state index in [0.29, 0.717) is 18.0 Å². The van der Waals surface area contributed by atoms with Gasteiger partial charge in [-0.2, -0.15) is 4.98 Å². The second-order valence-corrected chi connectivity index (χ2v) is 7.65. The summed E-state index contributed by atoms with van der Waals surface area (Å²) >= 11 is 0. The highest BCUT2D eigenvalue weighted by molar-refractivity contribution is 5.65. The largest absolute Gasteiger partial charge is 0.377 e. The number of fused-ring (bicyclic) bond motifs is 2. The number of ether oxygens (including phenoxy) is 1. The number of halogens is 2. The van der Waals surface area contributed by atoms with Crippen molar-refractivity contribution in [2.45, 2.75) is 31.8 Å². The molecule has 2 saturated heterocycles. The Morgan fingerprint density at radius 2 is 1.69 bits per heavy atom. The Kier molecular flexibility index (Phi) is 4.43. The normalized spacial score (nSPS) is 20.9. The van der Waals surface area contributed by atoms with Crippen LogP contribution in [0, 0.1) is 18.6 Å². The van der Waals surface area contributed by atoms with E-state index in [1.54, 1.807) is 0 Å². The number of aryl methyl sites for hydroxylation is 1. The predicted molar refractivity (Wildman–Crippen MR) is 106 cm³/mol. The lowest BCUT2D eigenvalue weighted by atomic mass is 10.1. The van der Waals surface area contributed by atoms with Gasteiger partial charge in [0.1, 0.15) is 18.0 Å². The predicted octanol–water partition coefficient (Wildman–Crippen LogP) is 3.97. The molecule has 2 aliphatic heterocycles. The molecule has 0 aliphatic carbocycles. The molecule has 1 aromatic heterocycles. The lowest BCUT2D eigenvalue weighted by Gasteiger charge is -2.37. The van der Waals surface area contributed by atoms with Gasteiger partial charge in [-0.15, -0.1) is 5.10 Å². The van der Waals surface area contributed by atoms with E-state index in [-0.39, 0.29) is 5.69 Å². The van der Waals surface area contributed by atoms with Crippen LogP contribution in [0.3, 0.4) is 0 Å². The van der Waals surface area contributed by atoms with Crippen molar-refractivity contribution in [2.75, 3.05) is 23.4 Å². The Balaban J connectivity index is 1.40. The van der Waals surface area contributed by atoms with Crippen LogP contribution in [-0.4, -0.2) is 40.1 Å². The summed E-state index contributed by atoms with van der Waals surface area (Å²) in [5.41, 5.74) is 3.43. The quantitative estimate of drug-likeness (QED) is 0.722. The van der Waals surface area contributed by atoms with Gasteiger partial charge in [-0.05, 0) is 55.7 Å². The van der Waals surface area contributed by atoms with E-state index in [1.807, 2.05) is 6.07 Å². The first-order valence-electron chi connectivity index (χ1n) is 9.68. The summed E-state index contributed by atoms with van der Waals surface area (Å²) in [6.45, 7) is 3.59. The molecule has 2 atom stereocenters. The van der Waals surface area contributed by atoms with Crippen molar-refractivity contribution in [1.29, 1.82) is 0 Å². The van der Waals surface area contributed by atoms with Crippen LogP contribution in [0.2, 0.25) is 0 Å². The SMILES string of the molecule is Cc1cc(Nc2ncn(-c3cc(F)cc(F)c3)n2)cc(N2C3CCC2COC3)c1. The van der Waals surface area contributed by atoms with Gasteiger partial charge in [0.15, 0.2) is 0 Å². The summed E-state index contributed by atoms with van der Waals surface area (Å²) in [5.74, 6) is -0.960. The Morgan fingerprint density at radius 1 is 0.966 bits per heavy atom. The molecule has 3 aromatic rings. The molecule has 2 aromatic carbocycles. The average molecular weight is 397 g/mol. The highest BCUT2D eigenvalue weighted by Gasteiger charge is 2.37. The van der Waals surface area contributed by atoms with Gasteiger partial charge in [-0.25, -0.2) is 13.5 Å². The maximum absolute atomic E-state index is 13.5. The van der Waals surface area contributed by atoms with E-state index >= 15 is 0 Å². The van der Waals surface area contributed by atoms with Gasteiger partial charge in [0, 0.05) is 17.4 Å². The number of nitrogens with one attached hydrogen (secondary N) is 1. The summed E-state index contributed by atoms with van der Waals surface area (Å²) in [7, 11) is 0. The number of rotatable bonds is 4. The molecule has 2 fully saturated rings. The van der Waals surface area contributed by atoms with Crippen molar-refractivity contribution >= 4 is 17.3 Å². The second-order valence-electron chi connectivity index (χ2n) is 7.65. The first-order valence-corrected chi connectivity index (χ1v) is 9.68. The third kappa shape index (κ3) is 3.55. The molecule has 6 nitrogen and oxygen atoms in total. The van der Waals surface area contributed by atoms with Crippen LogP contribution >= 0.6 is 0 Å². The Bertz CT molecular complexity index is 1020. The van der Waals surface area contributed by atoms with Gasteiger partial charge >= 0.3 is 0 Å². The second kappa shape index (κ2) is 7.11. The molecule has 0 radical (unpaired) electrons. The number of hydrogen-bond acceptors (Lipinski definition) is 5. The molecular weight excluding hydrogens is 376 g/mol. The molecule has 0 saturated carbocycles. The van der Waals surface area contributed by atoms with Crippen molar-refractivity contribution in [3.63, 3.8) is 0 Å². The van der Waals surface area contributed by atoms with E-state index in [2.05, 4.69) is 39.4 Å². The molecule has 3 heterocycles. The highest BCUT2D eigenvalue weighted by atomic mass is 19.1. The zero-order valence-electron chi connectivity index (χ0n) is 16.0. The monoisotopic (exact) mass is 397 g/mol. The number of aromatic nitrogens is 3. The van der Waals surface area contributed by atoms with Gasteiger partial charge in [0.2, 0.25) is 5.95 Å². The van der Waals surface area contributed by atoms with E-state index in [9.17, 15) is 8.78 Å². The van der Waals surface area contributed by atoms with Crippen LogP contribution in [0.1, 0.15) is 18.4 Å². The smallest absolute Gasteiger partial charge is 0.246 e. The zero-order valence-corrected chi connectivity index (χ0v) is 16.0. The maximum atomic E-state index is 13.5. The van der Waals surface area contributed by atoms with Crippen LogP contribution in [0.4, 0.5) is 26.1 Å². The minimum absolute atomic E-state index is 0.276.